The van der Waals surface area contributed by atoms with Gasteiger partial charge < -0.3 is 14.4 Å². The van der Waals surface area contributed by atoms with Gasteiger partial charge in [0.2, 0.25) is 0 Å². The van der Waals surface area contributed by atoms with Crippen LogP contribution in [0.25, 0.3) is 5.65 Å². The molecule has 0 radical (unpaired) electrons. The summed E-state index contributed by atoms with van der Waals surface area (Å²) in [6.45, 7) is 1.87. The van der Waals surface area contributed by atoms with E-state index in [9.17, 15) is 4.39 Å². The fraction of sp³-hybridized carbons (Fsp3) is 0.320. The van der Waals surface area contributed by atoms with Crippen LogP contribution in [0.5, 0.6) is 11.8 Å². The molecule has 0 bridgehead atoms. The van der Waals surface area contributed by atoms with Gasteiger partial charge in [0.15, 0.2) is 10.8 Å². The van der Waals surface area contributed by atoms with E-state index in [2.05, 4.69) is 27.0 Å². The average Bonchev–Trinajstić information content (AvgIpc) is 3.45. The number of aromatic nitrogens is 4. The number of imidazole rings is 1. The molecule has 0 spiro atoms. The van der Waals surface area contributed by atoms with Gasteiger partial charge in [-0.15, -0.1) is 5.10 Å². The SMILES string of the molecule is CN1CCC[C@H]1COc1nc(Cl)c2ncc(Cc3c(F)cccc3OCc3ccccc3)n2n1. The Morgan fingerprint density at radius 3 is 2.76 bits per heavy atom. The minimum absolute atomic E-state index is 0.172. The van der Waals surface area contributed by atoms with E-state index >= 15 is 0 Å². The van der Waals surface area contributed by atoms with E-state index in [0.717, 1.165) is 24.9 Å². The van der Waals surface area contributed by atoms with Crippen LogP contribution < -0.4 is 9.47 Å². The molecule has 176 valence electrons. The zero-order valence-corrected chi connectivity index (χ0v) is 19.6. The lowest BCUT2D eigenvalue weighted by Gasteiger charge is -2.18. The zero-order valence-electron chi connectivity index (χ0n) is 18.8. The summed E-state index contributed by atoms with van der Waals surface area (Å²) < 4.78 is 28.2. The van der Waals surface area contributed by atoms with E-state index in [0.29, 0.717) is 41.9 Å². The van der Waals surface area contributed by atoms with Crippen LogP contribution in [-0.4, -0.2) is 50.7 Å². The number of halogens is 2. The van der Waals surface area contributed by atoms with E-state index in [4.69, 9.17) is 21.1 Å². The lowest BCUT2D eigenvalue weighted by atomic mass is 10.1. The first-order valence-corrected chi connectivity index (χ1v) is 11.6. The third-order valence-corrected chi connectivity index (χ3v) is 6.37. The number of likely N-dealkylation sites (N-methyl/N-ethyl adjacent to an activating group) is 1. The van der Waals surface area contributed by atoms with Gasteiger partial charge in [-0.25, -0.2) is 13.9 Å². The highest BCUT2D eigenvalue weighted by Gasteiger charge is 2.22. The molecule has 7 nitrogen and oxygen atoms in total. The second kappa shape index (κ2) is 9.95. The maximum atomic E-state index is 14.9. The molecule has 34 heavy (non-hydrogen) atoms. The first-order valence-electron chi connectivity index (χ1n) is 11.3. The van der Waals surface area contributed by atoms with Crippen molar-refractivity contribution in [2.24, 2.45) is 0 Å². The maximum Gasteiger partial charge on any atom is 0.335 e. The van der Waals surface area contributed by atoms with E-state index in [-0.39, 0.29) is 23.4 Å². The number of likely N-dealkylation sites (tertiary alicyclic amines) is 1. The predicted molar refractivity (Wildman–Crippen MR) is 127 cm³/mol. The van der Waals surface area contributed by atoms with Crippen LogP contribution in [0.4, 0.5) is 4.39 Å². The van der Waals surface area contributed by atoms with Gasteiger partial charge in [-0.2, -0.15) is 4.98 Å². The Morgan fingerprint density at radius 1 is 1.12 bits per heavy atom. The molecule has 1 saturated heterocycles. The van der Waals surface area contributed by atoms with Crippen LogP contribution >= 0.6 is 11.6 Å². The van der Waals surface area contributed by atoms with Crippen LogP contribution in [0.2, 0.25) is 5.15 Å². The van der Waals surface area contributed by atoms with Crippen molar-refractivity contribution < 1.29 is 13.9 Å². The number of rotatable bonds is 8. The molecule has 0 saturated carbocycles. The van der Waals surface area contributed by atoms with E-state index in [1.807, 2.05) is 30.3 Å². The molecule has 0 N–H and O–H groups in total. The highest BCUT2D eigenvalue weighted by molar-refractivity contribution is 6.32. The monoisotopic (exact) mass is 481 g/mol. The Bertz CT molecular complexity index is 1280. The molecule has 5 rings (SSSR count). The Hall–Kier alpha value is -3.23. The molecule has 1 fully saturated rings. The fourth-order valence-electron chi connectivity index (χ4n) is 4.18. The number of ether oxygens (including phenoxy) is 2. The topological polar surface area (TPSA) is 64.8 Å². The average molecular weight is 482 g/mol. The molecule has 9 heteroatoms. The van der Waals surface area contributed by atoms with Crippen molar-refractivity contribution in [3.63, 3.8) is 0 Å². The van der Waals surface area contributed by atoms with Crippen LogP contribution in [0.15, 0.2) is 54.7 Å². The van der Waals surface area contributed by atoms with E-state index < -0.39 is 0 Å². The van der Waals surface area contributed by atoms with Gasteiger partial charge in [-0.1, -0.05) is 48.0 Å². The molecule has 0 aliphatic carbocycles. The standard InChI is InChI=1S/C25H25ClFN5O2/c1-31-12-6-9-18(31)16-34-25-29-23(26)24-28-14-19(32(24)30-25)13-20-21(27)10-5-11-22(20)33-15-17-7-3-2-4-8-17/h2-5,7-8,10-11,14,18H,6,9,12-13,15-16H2,1H3/t18-/m0/s1. The summed E-state index contributed by atoms with van der Waals surface area (Å²) in [6, 6.07) is 15.1. The van der Waals surface area contributed by atoms with Crippen LogP contribution in [0.3, 0.4) is 0 Å². The van der Waals surface area contributed by atoms with Crippen molar-refractivity contribution in [2.45, 2.75) is 31.9 Å². The van der Waals surface area contributed by atoms with Crippen molar-refractivity contribution in [1.29, 1.82) is 0 Å². The predicted octanol–water partition coefficient (Wildman–Crippen LogP) is 4.56. The van der Waals surface area contributed by atoms with Crippen molar-refractivity contribution in [1.82, 2.24) is 24.5 Å². The van der Waals surface area contributed by atoms with Crippen molar-refractivity contribution in [3.05, 3.63) is 82.5 Å². The molecule has 1 atom stereocenters. The number of hydrogen-bond acceptors (Lipinski definition) is 6. The van der Waals surface area contributed by atoms with Crippen molar-refractivity contribution in [3.8, 4) is 11.8 Å². The molecule has 1 aliphatic rings. The van der Waals surface area contributed by atoms with Gasteiger partial charge in [0.05, 0.1) is 11.9 Å². The molecule has 4 aromatic rings. The summed E-state index contributed by atoms with van der Waals surface area (Å²) in [6.07, 6.45) is 4.06. The number of benzene rings is 2. The molecular weight excluding hydrogens is 457 g/mol. The van der Waals surface area contributed by atoms with Gasteiger partial charge in [0.1, 0.15) is 24.8 Å². The summed E-state index contributed by atoms with van der Waals surface area (Å²) in [5.74, 6) is 0.112. The van der Waals surface area contributed by atoms with Gasteiger partial charge >= 0.3 is 6.01 Å². The number of hydrogen-bond donors (Lipinski definition) is 0. The lowest BCUT2D eigenvalue weighted by molar-refractivity contribution is 0.185. The summed E-state index contributed by atoms with van der Waals surface area (Å²) >= 11 is 6.36. The molecule has 3 heterocycles. The quantitative estimate of drug-likeness (QED) is 0.367. The maximum absolute atomic E-state index is 14.9. The van der Waals surface area contributed by atoms with Crippen molar-refractivity contribution >= 4 is 17.2 Å². The summed E-state index contributed by atoms with van der Waals surface area (Å²) in [7, 11) is 2.08. The Morgan fingerprint density at radius 2 is 1.97 bits per heavy atom. The second-order valence-corrected chi connectivity index (χ2v) is 8.78. The molecule has 2 aromatic carbocycles. The van der Waals surface area contributed by atoms with Gasteiger partial charge in [0.25, 0.3) is 0 Å². The highest BCUT2D eigenvalue weighted by Crippen LogP contribution is 2.27. The first kappa shape index (κ1) is 22.6. The second-order valence-electron chi connectivity index (χ2n) is 8.43. The number of nitrogens with zero attached hydrogens (tertiary/aromatic N) is 5. The zero-order chi connectivity index (χ0) is 23.5. The summed E-state index contributed by atoms with van der Waals surface area (Å²) in [4.78, 5) is 10.8. The van der Waals surface area contributed by atoms with Gasteiger partial charge in [0, 0.05) is 18.0 Å². The smallest absolute Gasteiger partial charge is 0.335 e. The molecule has 0 unspecified atom stereocenters. The van der Waals surface area contributed by atoms with Crippen LogP contribution in [-0.2, 0) is 13.0 Å². The normalized spacial score (nSPS) is 16.3. The minimum Gasteiger partial charge on any atom is -0.489 e. The van der Waals surface area contributed by atoms with Gasteiger partial charge in [-0.05, 0) is 44.1 Å². The van der Waals surface area contributed by atoms with E-state index in [1.54, 1.807) is 22.8 Å². The van der Waals surface area contributed by atoms with Gasteiger partial charge in [-0.3, -0.25) is 0 Å². The fourth-order valence-corrected chi connectivity index (χ4v) is 4.38. The summed E-state index contributed by atoms with van der Waals surface area (Å²) in [5.41, 5.74) is 2.47. The molecular formula is C25H25ClFN5O2. The minimum atomic E-state index is -0.360. The third-order valence-electron chi connectivity index (χ3n) is 6.12. The van der Waals surface area contributed by atoms with E-state index in [1.165, 1.54) is 6.07 Å². The summed E-state index contributed by atoms with van der Waals surface area (Å²) in [5, 5.41) is 4.67. The van der Waals surface area contributed by atoms with Crippen LogP contribution in [0, 0.1) is 5.82 Å². The van der Waals surface area contributed by atoms with Crippen molar-refractivity contribution in [2.75, 3.05) is 20.2 Å². The number of fused-ring (bicyclic) bond motifs is 1. The largest absolute Gasteiger partial charge is 0.489 e. The molecule has 1 aliphatic heterocycles. The lowest BCUT2D eigenvalue weighted by Crippen LogP contribution is -2.31. The first-order chi connectivity index (χ1) is 16.6. The van der Waals surface area contributed by atoms with Crippen LogP contribution in [0.1, 0.15) is 29.7 Å². The Labute approximate surface area is 202 Å². The third kappa shape index (κ3) is 4.83. The molecule has 0 amide bonds. The Kier molecular flexibility index (Phi) is 6.60. The molecule has 2 aromatic heterocycles. The highest BCUT2D eigenvalue weighted by atomic mass is 35.5. The Balaban J connectivity index is 1.39.